The number of guanidine groups is 1. The molecule has 1 aromatic carbocycles. The van der Waals surface area contributed by atoms with E-state index in [0.717, 1.165) is 32.0 Å². The average molecular weight is 307 g/mol. The zero-order valence-electron chi connectivity index (χ0n) is 14.0. The predicted molar refractivity (Wildman–Crippen MR) is 91.3 cm³/mol. The third-order valence-electron chi connectivity index (χ3n) is 3.15. The van der Waals surface area contributed by atoms with Gasteiger partial charge in [-0.1, -0.05) is 30.3 Å². The van der Waals surface area contributed by atoms with Crippen molar-refractivity contribution in [3.8, 4) is 0 Å². The maximum Gasteiger partial charge on any atom is 0.191 e. The summed E-state index contributed by atoms with van der Waals surface area (Å²) in [6, 6.07) is 10.3. The van der Waals surface area contributed by atoms with Gasteiger partial charge in [0.15, 0.2) is 5.96 Å². The first-order chi connectivity index (χ1) is 10.8. The minimum Gasteiger partial charge on any atom is -0.383 e. The molecule has 0 saturated carbocycles. The van der Waals surface area contributed by atoms with Gasteiger partial charge in [-0.2, -0.15) is 0 Å². The summed E-state index contributed by atoms with van der Waals surface area (Å²) in [6.45, 7) is 7.85. The Morgan fingerprint density at radius 2 is 1.95 bits per heavy atom. The van der Waals surface area contributed by atoms with E-state index in [1.165, 1.54) is 5.56 Å². The Kier molecular flexibility index (Phi) is 10.1. The minimum absolute atomic E-state index is 0.123. The van der Waals surface area contributed by atoms with Crippen molar-refractivity contribution >= 4 is 5.96 Å². The number of nitrogens with one attached hydrogen (secondary N) is 2. The lowest BCUT2D eigenvalue weighted by molar-refractivity contribution is 0.0652. The van der Waals surface area contributed by atoms with Crippen LogP contribution in [0, 0.1) is 0 Å². The molecule has 0 aliphatic carbocycles. The van der Waals surface area contributed by atoms with E-state index in [1.54, 1.807) is 7.11 Å². The number of hydrogen-bond acceptors (Lipinski definition) is 3. The summed E-state index contributed by atoms with van der Waals surface area (Å²) in [5, 5.41) is 6.43. The molecule has 0 bridgehead atoms. The van der Waals surface area contributed by atoms with Crippen molar-refractivity contribution in [2.75, 3.05) is 40.0 Å². The van der Waals surface area contributed by atoms with Crippen LogP contribution in [0.3, 0.4) is 0 Å². The quantitative estimate of drug-likeness (QED) is 0.396. The van der Waals surface area contributed by atoms with E-state index in [9.17, 15) is 0 Å². The molecule has 1 rings (SSSR count). The molecule has 0 aliphatic rings. The third-order valence-corrected chi connectivity index (χ3v) is 3.15. The minimum atomic E-state index is 0.123. The maximum absolute atomic E-state index is 5.84. The van der Waals surface area contributed by atoms with Crippen molar-refractivity contribution in [3.05, 3.63) is 35.9 Å². The Morgan fingerprint density at radius 3 is 2.64 bits per heavy atom. The molecule has 5 nitrogen and oxygen atoms in total. The topological polar surface area (TPSA) is 54.9 Å². The fourth-order valence-electron chi connectivity index (χ4n) is 1.95. The number of ether oxygens (including phenoxy) is 2. The Balaban J connectivity index is 2.22. The van der Waals surface area contributed by atoms with Gasteiger partial charge in [-0.3, -0.25) is 4.99 Å². The molecule has 0 fully saturated rings. The summed E-state index contributed by atoms with van der Waals surface area (Å²) >= 11 is 0. The molecule has 0 aliphatic heterocycles. The fraction of sp³-hybridized carbons (Fsp3) is 0.588. The first-order valence-electron chi connectivity index (χ1n) is 7.95. The standard InChI is InChI=1S/C17H29N3O2/c1-4-18-17(20-12-14-21-3)19-11-8-13-22-15(2)16-9-6-5-7-10-16/h5-7,9-10,15H,4,8,11-14H2,1-3H3,(H2,18,19,20). The van der Waals surface area contributed by atoms with Gasteiger partial charge in [0, 0.05) is 33.4 Å². The van der Waals surface area contributed by atoms with Crippen molar-refractivity contribution in [1.82, 2.24) is 10.6 Å². The lowest BCUT2D eigenvalue weighted by atomic mass is 10.1. The second-order valence-corrected chi connectivity index (χ2v) is 4.96. The molecular weight excluding hydrogens is 278 g/mol. The van der Waals surface area contributed by atoms with E-state index < -0.39 is 0 Å². The SMILES string of the molecule is CCNC(=NCCCOC(C)c1ccccc1)NCCOC. The normalized spacial score (nSPS) is 13.0. The van der Waals surface area contributed by atoms with Crippen LogP contribution in [0.25, 0.3) is 0 Å². The van der Waals surface area contributed by atoms with Crippen LogP contribution in [0.5, 0.6) is 0 Å². The van der Waals surface area contributed by atoms with Gasteiger partial charge in [-0.25, -0.2) is 0 Å². The van der Waals surface area contributed by atoms with E-state index in [-0.39, 0.29) is 6.10 Å². The maximum atomic E-state index is 5.84. The van der Waals surface area contributed by atoms with Crippen LogP contribution in [0.2, 0.25) is 0 Å². The Bertz CT molecular complexity index is 410. The fourth-order valence-corrected chi connectivity index (χ4v) is 1.95. The van der Waals surface area contributed by atoms with Crippen molar-refractivity contribution in [1.29, 1.82) is 0 Å². The summed E-state index contributed by atoms with van der Waals surface area (Å²) in [7, 11) is 1.69. The van der Waals surface area contributed by atoms with E-state index in [4.69, 9.17) is 9.47 Å². The second kappa shape index (κ2) is 12.0. The molecule has 0 radical (unpaired) electrons. The van der Waals surface area contributed by atoms with E-state index >= 15 is 0 Å². The molecule has 0 amide bonds. The summed E-state index contributed by atoms with van der Waals surface area (Å²) in [5.41, 5.74) is 1.21. The predicted octanol–water partition coefficient (Wildman–Crippen LogP) is 2.36. The number of methoxy groups -OCH3 is 1. The first-order valence-corrected chi connectivity index (χ1v) is 7.95. The van der Waals surface area contributed by atoms with Crippen LogP contribution in [0.4, 0.5) is 0 Å². The second-order valence-electron chi connectivity index (χ2n) is 4.96. The molecule has 124 valence electrons. The number of aliphatic imine (C=N–C) groups is 1. The smallest absolute Gasteiger partial charge is 0.191 e. The molecule has 0 spiro atoms. The Labute approximate surface area is 134 Å². The highest BCUT2D eigenvalue weighted by Crippen LogP contribution is 2.15. The van der Waals surface area contributed by atoms with Gasteiger partial charge in [-0.15, -0.1) is 0 Å². The average Bonchev–Trinajstić information content (AvgIpc) is 2.55. The zero-order valence-corrected chi connectivity index (χ0v) is 14.0. The van der Waals surface area contributed by atoms with Gasteiger partial charge in [-0.05, 0) is 25.8 Å². The van der Waals surface area contributed by atoms with E-state index in [1.807, 2.05) is 18.2 Å². The van der Waals surface area contributed by atoms with Crippen molar-refractivity contribution in [2.24, 2.45) is 4.99 Å². The Morgan fingerprint density at radius 1 is 1.18 bits per heavy atom. The largest absolute Gasteiger partial charge is 0.383 e. The molecule has 1 atom stereocenters. The number of hydrogen-bond donors (Lipinski definition) is 2. The van der Waals surface area contributed by atoms with Gasteiger partial charge in [0.25, 0.3) is 0 Å². The summed E-state index contributed by atoms with van der Waals surface area (Å²) in [4.78, 5) is 4.51. The zero-order chi connectivity index (χ0) is 16.0. The highest BCUT2D eigenvalue weighted by Gasteiger charge is 2.04. The molecule has 1 aromatic rings. The Hall–Kier alpha value is -1.59. The molecule has 1 unspecified atom stereocenters. The molecule has 2 N–H and O–H groups in total. The van der Waals surface area contributed by atoms with Crippen LogP contribution in [-0.2, 0) is 9.47 Å². The lowest BCUT2D eigenvalue weighted by Crippen LogP contribution is -2.39. The van der Waals surface area contributed by atoms with Crippen LogP contribution in [0.15, 0.2) is 35.3 Å². The number of benzene rings is 1. The number of rotatable bonds is 10. The summed E-state index contributed by atoms with van der Waals surface area (Å²) < 4.78 is 10.9. The van der Waals surface area contributed by atoms with E-state index in [0.29, 0.717) is 13.2 Å². The van der Waals surface area contributed by atoms with Crippen molar-refractivity contribution in [3.63, 3.8) is 0 Å². The van der Waals surface area contributed by atoms with Crippen LogP contribution in [0.1, 0.15) is 31.9 Å². The van der Waals surface area contributed by atoms with E-state index in [2.05, 4.69) is 41.6 Å². The third kappa shape index (κ3) is 8.00. The van der Waals surface area contributed by atoms with Gasteiger partial charge in [0.2, 0.25) is 0 Å². The van der Waals surface area contributed by atoms with Gasteiger partial charge >= 0.3 is 0 Å². The highest BCUT2D eigenvalue weighted by atomic mass is 16.5. The lowest BCUT2D eigenvalue weighted by Gasteiger charge is -2.13. The van der Waals surface area contributed by atoms with Gasteiger partial charge in [0.05, 0.1) is 12.7 Å². The van der Waals surface area contributed by atoms with Gasteiger partial charge in [0.1, 0.15) is 0 Å². The van der Waals surface area contributed by atoms with Crippen molar-refractivity contribution < 1.29 is 9.47 Å². The summed E-state index contributed by atoms with van der Waals surface area (Å²) in [5.74, 6) is 0.829. The molecule has 5 heteroatoms. The van der Waals surface area contributed by atoms with Crippen LogP contribution in [-0.4, -0.2) is 45.9 Å². The summed E-state index contributed by atoms with van der Waals surface area (Å²) in [6.07, 6.45) is 1.02. The molecule has 0 heterocycles. The van der Waals surface area contributed by atoms with Gasteiger partial charge < -0.3 is 20.1 Å². The number of nitrogens with zero attached hydrogens (tertiary/aromatic N) is 1. The highest BCUT2D eigenvalue weighted by molar-refractivity contribution is 5.79. The van der Waals surface area contributed by atoms with Crippen LogP contribution >= 0.6 is 0 Å². The molecular formula is C17H29N3O2. The molecule has 0 aromatic heterocycles. The van der Waals surface area contributed by atoms with Crippen LogP contribution < -0.4 is 10.6 Å². The molecule has 0 saturated heterocycles. The molecule has 22 heavy (non-hydrogen) atoms. The first kappa shape index (κ1) is 18.5. The monoisotopic (exact) mass is 307 g/mol. The van der Waals surface area contributed by atoms with Crippen molar-refractivity contribution in [2.45, 2.75) is 26.4 Å².